The summed E-state index contributed by atoms with van der Waals surface area (Å²) in [5, 5.41) is 6.93. The smallest absolute Gasteiger partial charge is 0.255 e. The summed E-state index contributed by atoms with van der Waals surface area (Å²) in [7, 11) is 0. The Bertz CT molecular complexity index is 1630. The van der Waals surface area contributed by atoms with Crippen molar-refractivity contribution in [2.24, 2.45) is 10.4 Å². The molecule has 0 spiro atoms. The predicted molar refractivity (Wildman–Crippen MR) is 161 cm³/mol. The monoisotopic (exact) mass is 617 g/mol. The van der Waals surface area contributed by atoms with Crippen molar-refractivity contribution in [1.29, 1.82) is 0 Å². The lowest BCUT2D eigenvalue weighted by Gasteiger charge is -2.46. The van der Waals surface area contributed by atoms with Crippen LogP contribution in [0.2, 0.25) is 10.0 Å². The number of benzene rings is 3. The van der Waals surface area contributed by atoms with Crippen molar-refractivity contribution in [2.45, 2.75) is 30.7 Å². The topological polar surface area (TPSA) is 130 Å². The van der Waals surface area contributed by atoms with E-state index in [-0.39, 0.29) is 17.2 Å². The molecule has 43 heavy (non-hydrogen) atoms. The van der Waals surface area contributed by atoms with Crippen LogP contribution in [0, 0.1) is 9.81 Å². The average molecular weight is 618 g/mol. The molecule has 2 heterocycles. The maximum absolute atomic E-state index is 14.3. The second-order valence-corrected chi connectivity index (χ2v) is 10.6. The molecule has 2 amide bonds. The van der Waals surface area contributed by atoms with E-state index >= 15 is 0 Å². The molecule has 218 valence electrons. The number of nitrogens with zero attached hydrogens (tertiary/aromatic N) is 4. The first-order chi connectivity index (χ1) is 20.9. The molecular formula is C31H25Cl2N5O5. The standard InChI is InChI=1S/C31H25Cl2N5O5/c32-20-13-14-24(25(33)16-20)29-27(30(39)37-43-18-21-10-6-7-15-34-21)22-11-4-5-12-23(22)31(40)38(29)26(17-35-41)28(36-42)19-8-2-1-3-9-19/h1-16,26-29H,17-18H2,(H,37,39)/t26-,27-,28-,29+/m0/s1. The Hall–Kier alpha value is -4.51. The first-order valence-corrected chi connectivity index (χ1v) is 14.0. The van der Waals surface area contributed by atoms with Crippen LogP contribution in [-0.2, 0) is 16.2 Å². The van der Waals surface area contributed by atoms with Crippen molar-refractivity contribution in [2.75, 3.05) is 6.54 Å². The van der Waals surface area contributed by atoms with Gasteiger partial charge in [0, 0.05) is 21.8 Å². The molecule has 0 aliphatic carbocycles. The van der Waals surface area contributed by atoms with E-state index in [1.54, 1.807) is 91.1 Å². The van der Waals surface area contributed by atoms with Gasteiger partial charge in [0.25, 0.3) is 11.8 Å². The molecular weight excluding hydrogens is 593 g/mol. The van der Waals surface area contributed by atoms with Crippen molar-refractivity contribution in [1.82, 2.24) is 15.4 Å². The minimum Gasteiger partial charge on any atom is -0.323 e. The zero-order valence-corrected chi connectivity index (χ0v) is 24.1. The number of rotatable bonds is 11. The molecule has 10 nitrogen and oxygen atoms in total. The molecule has 1 N–H and O–H groups in total. The number of pyridine rings is 1. The number of aromatic nitrogens is 1. The molecule has 0 saturated carbocycles. The summed E-state index contributed by atoms with van der Waals surface area (Å²) in [4.78, 5) is 63.6. The minimum absolute atomic E-state index is 0.0151. The minimum atomic E-state index is -1.19. The van der Waals surface area contributed by atoms with Crippen molar-refractivity contribution in [3.05, 3.63) is 145 Å². The molecule has 0 radical (unpaired) electrons. The lowest BCUT2D eigenvalue weighted by Crippen LogP contribution is -2.54. The van der Waals surface area contributed by atoms with E-state index in [2.05, 4.69) is 20.8 Å². The van der Waals surface area contributed by atoms with Crippen LogP contribution in [0.1, 0.15) is 50.7 Å². The summed E-state index contributed by atoms with van der Waals surface area (Å²) in [6, 6.07) is 21.7. The van der Waals surface area contributed by atoms with Crippen LogP contribution in [0.4, 0.5) is 0 Å². The molecule has 1 aromatic heterocycles. The van der Waals surface area contributed by atoms with E-state index < -0.39 is 42.4 Å². The molecule has 4 atom stereocenters. The van der Waals surface area contributed by atoms with E-state index in [1.165, 1.54) is 11.0 Å². The largest absolute Gasteiger partial charge is 0.323 e. The van der Waals surface area contributed by atoms with Gasteiger partial charge in [0.15, 0.2) is 0 Å². The fraction of sp³-hybridized carbons (Fsp3) is 0.194. The third-order valence-electron chi connectivity index (χ3n) is 7.30. The number of carbonyl (C=O) groups excluding carboxylic acids is 2. The van der Waals surface area contributed by atoms with E-state index in [0.29, 0.717) is 27.4 Å². The number of halogens is 2. The number of nitroso groups, excluding NO2 is 2. The summed E-state index contributed by atoms with van der Waals surface area (Å²) in [5.41, 5.74) is 4.54. The molecule has 0 fully saturated rings. The van der Waals surface area contributed by atoms with Gasteiger partial charge in [-0.1, -0.05) is 94.2 Å². The Morgan fingerprint density at radius 3 is 2.40 bits per heavy atom. The Labute approximate surface area is 256 Å². The zero-order chi connectivity index (χ0) is 30.3. The van der Waals surface area contributed by atoms with Crippen LogP contribution in [0.25, 0.3) is 0 Å². The first kappa shape index (κ1) is 30.0. The van der Waals surface area contributed by atoms with E-state index in [4.69, 9.17) is 28.0 Å². The molecule has 0 unspecified atom stereocenters. The third kappa shape index (κ3) is 6.31. The van der Waals surface area contributed by atoms with Crippen LogP contribution in [0.3, 0.4) is 0 Å². The normalized spacial score (nSPS) is 17.4. The second kappa shape index (κ2) is 13.6. The highest BCUT2D eigenvalue weighted by molar-refractivity contribution is 6.35. The number of nitrogens with one attached hydrogen (secondary N) is 1. The summed E-state index contributed by atoms with van der Waals surface area (Å²) in [5.74, 6) is -2.21. The number of hydrogen-bond donors (Lipinski definition) is 1. The van der Waals surface area contributed by atoms with Crippen molar-refractivity contribution >= 4 is 35.0 Å². The molecule has 5 rings (SSSR count). The van der Waals surface area contributed by atoms with Gasteiger partial charge in [-0.25, -0.2) is 5.48 Å². The number of carbonyl (C=O) groups is 2. The van der Waals surface area contributed by atoms with Gasteiger partial charge in [-0.05, 0) is 47.0 Å². The average Bonchev–Trinajstić information content (AvgIpc) is 3.02. The molecule has 1 aliphatic rings. The van der Waals surface area contributed by atoms with Crippen LogP contribution in [0.5, 0.6) is 0 Å². The lowest BCUT2D eigenvalue weighted by molar-refractivity contribution is -0.138. The number of hydroxylamine groups is 1. The molecule has 3 aromatic carbocycles. The number of fused-ring (bicyclic) bond motifs is 1. The maximum atomic E-state index is 14.3. The maximum Gasteiger partial charge on any atom is 0.255 e. The van der Waals surface area contributed by atoms with Crippen LogP contribution < -0.4 is 5.48 Å². The van der Waals surface area contributed by atoms with Crippen molar-refractivity contribution < 1.29 is 14.4 Å². The Morgan fingerprint density at radius 2 is 1.70 bits per heavy atom. The van der Waals surface area contributed by atoms with Gasteiger partial charge in [-0.15, -0.1) is 0 Å². The first-order valence-electron chi connectivity index (χ1n) is 13.3. The van der Waals surface area contributed by atoms with Crippen LogP contribution >= 0.6 is 23.2 Å². The second-order valence-electron chi connectivity index (χ2n) is 9.80. The van der Waals surface area contributed by atoms with Gasteiger partial charge in [0.1, 0.15) is 19.2 Å². The predicted octanol–water partition coefficient (Wildman–Crippen LogP) is 6.56. The molecule has 0 saturated heterocycles. The third-order valence-corrected chi connectivity index (χ3v) is 7.86. The summed E-state index contributed by atoms with van der Waals surface area (Å²) < 4.78 is 0. The van der Waals surface area contributed by atoms with Gasteiger partial charge in [0.2, 0.25) is 0 Å². The van der Waals surface area contributed by atoms with E-state index in [9.17, 15) is 19.4 Å². The SMILES string of the molecule is O=NC[C@@H]([C@@H](N=O)c1ccccc1)N1C(=O)c2ccccc2[C@H](C(=O)NOCc2ccccn2)[C@H]1c1ccc(Cl)cc1Cl. The van der Waals surface area contributed by atoms with Crippen molar-refractivity contribution in [3.8, 4) is 0 Å². The quantitative estimate of drug-likeness (QED) is 0.150. The van der Waals surface area contributed by atoms with Gasteiger partial charge in [0.05, 0.1) is 23.7 Å². The number of hydrogen-bond acceptors (Lipinski definition) is 8. The fourth-order valence-corrected chi connectivity index (χ4v) is 5.94. The Kier molecular flexibility index (Phi) is 9.51. The summed E-state index contributed by atoms with van der Waals surface area (Å²) in [6.07, 6.45) is 1.60. The van der Waals surface area contributed by atoms with E-state index in [1.807, 2.05) is 0 Å². The zero-order valence-electron chi connectivity index (χ0n) is 22.5. The van der Waals surface area contributed by atoms with Crippen LogP contribution in [-0.4, -0.2) is 34.3 Å². The van der Waals surface area contributed by atoms with Gasteiger partial charge < -0.3 is 4.90 Å². The Morgan fingerprint density at radius 1 is 0.953 bits per heavy atom. The molecule has 12 heteroatoms. The highest BCUT2D eigenvalue weighted by Gasteiger charge is 2.49. The highest BCUT2D eigenvalue weighted by atomic mass is 35.5. The van der Waals surface area contributed by atoms with Gasteiger partial charge >= 0.3 is 0 Å². The van der Waals surface area contributed by atoms with Crippen LogP contribution in [0.15, 0.2) is 108 Å². The molecule has 4 aromatic rings. The van der Waals surface area contributed by atoms with E-state index in [0.717, 1.165) is 0 Å². The molecule has 0 bridgehead atoms. The highest BCUT2D eigenvalue weighted by Crippen LogP contribution is 2.48. The van der Waals surface area contributed by atoms with Gasteiger partial charge in [-0.2, -0.15) is 9.81 Å². The fourth-order valence-electron chi connectivity index (χ4n) is 5.42. The summed E-state index contributed by atoms with van der Waals surface area (Å²) in [6.45, 7) is -0.496. The summed E-state index contributed by atoms with van der Waals surface area (Å²) >= 11 is 12.9. The Balaban J connectivity index is 1.65. The lowest BCUT2D eigenvalue weighted by atomic mass is 9.77. The number of amides is 2. The van der Waals surface area contributed by atoms with Crippen molar-refractivity contribution in [3.63, 3.8) is 0 Å². The molecule has 1 aliphatic heterocycles. The van der Waals surface area contributed by atoms with Gasteiger partial charge in [-0.3, -0.25) is 19.4 Å².